The third-order valence-electron chi connectivity index (χ3n) is 9.74. The Balaban J connectivity index is 4.49. The van der Waals surface area contributed by atoms with E-state index >= 15 is 0 Å². The van der Waals surface area contributed by atoms with Crippen molar-refractivity contribution in [2.45, 2.75) is 199 Å². The van der Waals surface area contributed by atoms with Crippen LogP contribution in [0.15, 0.2) is 48.6 Å². The molecule has 0 heterocycles. The van der Waals surface area contributed by atoms with Gasteiger partial charge in [-0.15, -0.1) is 0 Å². The quantitative estimate of drug-likeness (QED) is 0.0277. The van der Waals surface area contributed by atoms with E-state index in [-0.39, 0.29) is 12.5 Å². The second-order valence-corrected chi connectivity index (χ2v) is 17.8. The Morgan fingerprint density at radius 1 is 0.618 bits per heavy atom. The molecular weight excluding hydrogens is 707 g/mol. The Kier molecular flexibility index (Phi) is 36.9. The van der Waals surface area contributed by atoms with Crippen LogP contribution in [0, 0.1) is 0 Å². The van der Waals surface area contributed by atoms with Crippen LogP contribution >= 0.6 is 7.82 Å². The number of carbonyl (C=O) groups excluding carboxylic acids is 1. The summed E-state index contributed by atoms with van der Waals surface area (Å²) in [6, 6.07) is -0.913. The SMILES string of the molecule is CCCCCCC/C=C/CC/C=C/CC/C=C/C(O)C(COP(=O)([O-])OCC[N+](C)(C)C)NC(=O)CCCCCCC/C=C\CCCCCCCCCCC. The van der Waals surface area contributed by atoms with E-state index in [0.717, 1.165) is 64.2 Å². The molecule has 3 unspecified atom stereocenters. The number of unbranched alkanes of at least 4 members (excludes halogenated alkanes) is 21. The van der Waals surface area contributed by atoms with Crippen LogP contribution in [-0.2, 0) is 18.4 Å². The minimum atomic E-state index is -4.60. The van der Waals surface area contributed by atoms with Crippen LogP contribution in [0.2, 0.25) is 0 Å². The van der Waals surface area contributed by atoms with Gasteiger partial charge >= 0.3 is 0 Å². The fraction of sp³-hybridized carbons (Fsp3) is 0.804. The van der Waals surface area contributed by atoms with Gasteiger partial charge in [0.15, 0.2) is 0 Å². The smallest absolute Gasteiger partial charge is 0.268 e. The van der Waals surface area contributed by atoms with Crippen molar-refractivity contribution in [3.05, 3.63) is 48.6 Å². The predicted molar refractivity (Wildman–Crippen MR) is 233 cm³/mol. The number of nitrogens with one attached hydrogen (secondary N) is 1. The summed E-state index contributed by atoms with van der Waals surface area (Å²) in [6.45, 7) is 4.58. The van der Waals surface area contributed by atoms with E-state index < -0.39 is 26.6 Å². The molecule has 0 radical (unpaired) electrons. The van der Waals surface area contributed by atoms with E-state index in [1.807, 2.05) is 27.2 Å². The number of rotatable bonds is 40. The zero-order valence-electron chi connectivity index (χ0n) is 36.4. The predicted octanol–water partition coefficient (Wildman–Crippen LogP) is 11.8. The summed E-state index contributed by atoms with van der Waals surface area (Å²) in [5.41, 5.74) is 0. The first kappa shape index (κ1) is 53.5. The average Bonchev–Trinajstić information content (AvgIpc) is 3.13. The molecule has 0 aromatic heterocycles. The topological polar surface area (TPSA) is 108 Å². The highest BCUT2D eigenvalue weighted by Crippen LogP contribution is 2.38. The Bertz CT molecular complexity index is 1040. The van der Waals surface area contributed by atoms with Crippen molar-refractivity contribution in [2.75, 3.05) is 40.9 Å². The summed E-state index contributed by atoms with van der Waals surface area (Å²) in [7, 11) is 1.22. The van der Waals surface area contributed by atoms with Gasteiger partial charge in [0.05, 0.1) is 39.9 Å². The summed E-state index contributed by atoms with van der Waals surface area (Å²) in [5, 5.41) is 13.7. The van der Waals surface area contributed by atoms with Crippen LogP contribution in [0.25, 0.3) is 0 Å². The third kappa shape index (κ3) is 40.5. The van der Waals surface area contributed by atoms with Gasteiger partial charge in [-0.25, -0.2) is 0 Å². The molecule has 0 bridgehead atoms. The molecule has 0 rings (SSSR count). The van der Waals surface area contributed by atoms with Crippen LogP contribution in [0.3, 0.4) is 0 Å². The second-order valence-electron chi connectivity index (χ2n) is 16.4. The van der Waals surface area contributed by atoms with Crippen molar-refractivity contribution in [1.29, 1.82) is 0 Å². The molecular formula is C46H87N2O6P. The molecule has 0 aromatic rings. The number of likely N-dealkylation sites (N-methyl/N-ethyl adjacent to an activating group) is 1. The van der Waals surface area contributed by atoms with Gasteiger partial charge in [0.1, 0.15) is 13.2 Å². The van der Waals surface area contributed by atoms with Crippen molar-refractivity contribution in [2.24, 2.45) is 0 Å². The highest BCUT2D eigenvalue weighted by molar-refractivity contribution is 7.45. The average molecular weight is 795 g/mol. The molecule has 55 heavy (non-hydrogen) atoms. The van der Waals surface area contributed by atoms with Crippen LogP contribution < -0.4 is 10.2 Å². The maximum Gasteiger partial charge on any atom is 0.268 e. The molecule has 3 atom stereocenters. The summed E-state index contributed by atoms with van der Waals surface area (Å²) in [4.78, 5) is 25.3. The maximum atomic E-state index is 12.8. The molecule has 0 aliphatic rings. The lowest BCUT2D eigenvalue weighted by Crippen LogP contribution is -2.45. The normalized spacial score (nSPS) is 14.8. The maximum absolute atomic E-state index is 12.8. The molecule has 0 fully saturated rings. The Hall–Kier alpha value is -1.54. The van der Waals surface area contributed by atoms with Crippen LogP contribution in [0.1, 0.15) is 187 Å². The van der Waals surface area contributed by atoms with Crippen molar-refractivity contribution in [3.63, 3.8) is 0 Å². The van der Waals surface area contributed by atoms with E-state index in [4.69, 9.17) is 9.05 Å². The van der Waals surface area contributed by atoms with E-state index in [2.05, 4.69) is 55.6 Å². The number of phosphoric acid groups is 1. The standard InChI is InChI=1S/C46H87N2O6P/c1-6-8-10-12-14-16-18-20-22-23-24-26-28-30-32-34-36-38-40-46(50)47-44(43-54-55(51,52)53-42-41-48(3,4)5)45(49)39-37-35-33-31-29-27-25-21-19-17-15-13-11-9-7-2/h19,21,24,26,29,31,37,39,44-45,49H,6-18,20,22-23,25,27-28,30,32-36,38,40-43H2,1-5H3,(H-,47,50,51,52)/b21-19+,26-24-,31-29+,39-37+. The molecule has 0 spiro atoms. The molecule has 2 N–H and O–H groups in total. The number of hydrogen-bond donors (Lipinski definition) is 2. The minimum Gasteiger partial charge on any atom is -0.756 e. The molecule has 8 nitrogen and oxygen atoms in total. The van der Waals surface area contributed by atoms with Crippen molar-refractivity contribution in [1.82, 2.24) is 5.32 Å². The minimum absolute atomic E-state index is 0.0116. The number of phosphoric ester groups is 1. The van der Waals surface area contributed by atoms with Crippen molar-refractivity contribution in [3.8, 4) is 0 Å². The number of amides is 1. The Morgan fingerprint density at radius 2 is 1.02 bits per heavy atom. The van der Waals surface area contributed by atoms with Crippen LogP contribution in [0.5, 0.6) is 0 Å². The summed E-state index contributed by atoms with van der Waals surface area (Å²) < 4.78 is 23.2. The highest BCUT2D eigenvalue weighted by Gasteiger charge is 2.23. The first-order valence-electron chi connectivity index (χ1n) is 22.5. The lowest BCUT2D eigenvalue weighted by atomic mass is 10.1. The number of nitrogens with zero attached hydrogens (tertiary/aromatic N) is 1. The van der Waals surface area contributed by atoms with Gasteiger partial charge in [0, 0.05) is 6.42 Å². The van der Waals surface area contributed by atoms with E-state index in [9.17, 15) is 19.4 Å². The number of aliphatic hydroxyl groups excluding tert-OH is 1. The molecule has 1 amide bonds. The van der Waals surface area contributed by atoms with Crippen molar-refractivity contribution < 1.29 is 32.9 Å². The fourth-order valence-corrected chi connectivity index (χ4v) is 6.84. The van der Waals surface area contributed by atoms with Gasteiger partial charge in [-0.3, -0.25) is 9.36 Å². The summed E-state index contributed by atoms with van der Waals surface area (Å²) >= 11 is 0. The first-order valence-corrected chi connectivity index (χ1v) is 24.0. The van der Waals surface area contributed by atoms with Gasteiger partial charge in [-0.1, -0.05) is 159 Å². The second kappa shape index (κ2) is 38.0. The monoisotopic (exact) mass is 795 g/mol. The molecule has 0 aliphatic heterocycles. The number of allylic oxidation sites excluding steroid dienone is 7. The zero-order valence-corrected chi connectivity index (χ0v) is 37.3. The third-order valence-corrected chi connectivity index (χ3v) is 10.7. The summed E-state index contributed by atoms with van der Waals surface area (Å²) in [6.07, 6.45) is 47.3. The van der Waals surface area contributed by atoms with E-state index in [0.29, 0.717) is 17.4 Å². The van der Waals surface area contributed by atoms with Gasteiger partial charge in [-0.05, 0) is 70.6 Å². The molecule has 322 valence electrons. The molecule has 9 heteroatoms. The van der Waals surface area contributed by atoms with E-state index in [1.54, 1.807) is 6.08 Å². The zero-order chi connectivity index (χ0) is 40.7. The number of hydrogen-bond acceptors (Lipinski definition) is 6. The van der Waals surface area contributed by atoms with Gasteiger partial charge < -0.3 is 28.8 Å². The number of aliphatic hydroxyl groups is 1. The Morgan fingerprint density at radius 3 is 1.47 bits per heavy atom. The molecule has 0 saturated carbocycles. The van der Waals surface area contributed by atoms with Crippen molar-refractivity contribution >= 4 is 13.7 Å². The Labute approximate surface area is 339 Å². The van der Waals surface area contributed by atoms with Crippen LogP contribution in [0.4, 0.5) is 0 Å². The number of carbonyl (C=O) groups is 1. The first-order chi connectivity index (χ1) is 26.5. The van der Waals surface area contributed by atoms with Crippen LogP contribution in [-0.4, -0.2) is 68.5 Å². The molecule has 0 saturated heterocycles. The fourth-order valence-electron chi connectivity index (χ4n) is 6.12. The lowest BCUT2D eigenvalue weighted by molar-refractivity contribution is -0.870. The largest absolute Gasteiger partial charge is 0.756 e. The molecule has 0 aliphatic carbocycles. The summed E-state index contributed by atoms with van der Waals surface area (Å²) in [5.74, 6) is -0.222. The van der Waals surface area contributed by atoms with Gasteiger partial charge in [0.25, 0.3) is 7.82 Å². The number of quaternary nitrogens is 1. The van der Waals surface area contributed by atoms with Gasteiger partial charge in [-0.2, -0.15) is 0 Å². The highest BCUT2D eigenvalue weighted by atomic mass is 31.2. The van der Waals surface area contributed by atoms with E-state index in [1.165, 1.54) is 103 Å². The molecule has 0 aromatic carbocycles. The van der Waals surface area contributed by atoms with Gasteiger partial charge in [0.2, 0.25) is 5.91 Å². The lowest BCUT2D eigenvalue weighted by Gasteiger charge is -2.29.